The fourth-order valence-electron chi connectivity index (χ4n) is 2.85. The first kappa shape index (κ1) is 15.5. The van der Waals surface area contributed by atoms with E-state index in [4.69, 9.17) is 0 Å². The molecule has 1 aliphatic carbocycles. The van der Waals surface area contributed by atoms with E-state index in [1.807, 2.05) is 13.8 Å². The van der Waals surface area contributed by atoms with Crippen LogP contribution in [0.15, 0.2) is 18.2 Å². The molecule has 20 heavy (non-hydrogen) atoms. The van der Waals surface area contributed by atoms with Crippen LogP contribution in [-0.4, -0.2) is 26.8 Å². The molecule has 0 amide bonds. The number of fused-ring (bicyclic) bond motifs is 1. The Morgan fingerprint density at radius 1 is 1.35 bits per heavy atom. The minimum absolute atomic E-state index is 0.325. The maximum Gasteiger partial charge on any atom is 0.209 e. The van der Waals surface area contributed by atoms with Crippen molar-refractivity contribution in [3.63, 3.8) is 0 Å². The van der Waals surface area contributed by atoms with Gasteiger partial charge in [0.2, 0.25) is 10.0 Å². The number of nitrogens with one attached hydrogen (secondary N) is 2. The van der Waals surface area contributed by atoms with Crippen LogP contribution in [0.4, 0.5) is 0 Å². The van der Waals surface area contributed by atoms with Crippen molar-refractivity contribution in [1.29, 1.82) is 0 Å². The van der Waals surface area contributed by atoms with Crippen molar-refractivity contribution < 1.29 is 8.42 Å². The first-order valence-electron chi connectivity index (χ1n) is 6.98. The Labute approximate surface area is 122 Å². The topological polar surface area (TPSA) is 58.2 Å². The van der Waals surface area contributed by atoms with E-state index in [2.05, 4.69) is 35.2 Å². The Morgan fingerprint density at radius 3 is 2.70 bits per heavy atom. The Hall–Kier alpha value is -0.910. The van der Waals surface area contributed by atoms with Gasteiger partial charge in [-0.2, -0.15) is 0 Å². The molecule has 0 heterocycles. The smallest absolute Gasteiger partial charge is 0.209 e. The third kappa shape index (κ3) is 4.04. The molecule has 0 radical (unpaired) electrons. The molecule has 1 aliphatic rings. The molecular formula is C15H24N2O2S. The highest BCUT2D eigenvalue weighted by molar-refractivity contribution is 7.88. The number of aryl methyl sites for hydroxylation is 2. The van der Waals surface area contributed by atoms with Crippen molar-refractivity contribution >= 4 is 10.0 Å². The van der Waals surface area contributed by atoms with Crippen molar-refractivity contribution in [2.24, 2.45) is 0 Å². The summed E-state index contributed by atoms with van der Waals surface area (Å²) >= 11 is 0. The molecule has 2 rings (SSSR count). The third-order valence-corrected chi connectivity index (χ3v) is 4.55. The van der Waals surface area contributed by atoms with Crippen molar-refractivity contribution in [2.45, 2.75) is 45.2 Å². The maximum absolute atomic E-state index is 11.3. The van der Waals surface area contributed by atoms with Gasteiger partial charge in [-0.05, 0) is 44.7 Å². The molecule has 1 aromatic rings. The van der Waals surface area contributed by atoms with Gasteiger partial charge in [-0.3, -0.25) is 0 Å². The van der Waals surface area contributed by atoms with E-state index < -0.39 is 15.6 Å². The molecule has 0 fully saturated rings. The highest BCUT2D eigenvalue weighted by Gasteiger charge is 2.26. The van der Waals surface area contributed by atoms with Crippen LogP contribution in [0.2, 0.25) is 0 Å². The van der Waals surface area contributed by atoms with Crippen LogP contribution in [0.25, 0.3) is 0 Å². The SMILES string of the molecule is Cc1ccc2c(c1)C(NCC(C)(C)NS(C)(=O)=O)CC2. The molecule has 2 N–H and O–H groups in total. The fraction of sp³-hybridized carbons (Fsp3) is 0.600. The van der Waals surface area contributed by atoms with Gasteiger partial charge in [-0.15, -0.1) is 0 Å². The molecule has 0 spiro atoms. The Balaban J connectivity index is 2.02. The van der Waals surface area contributed by atoms with E-state index in [9.17, 15) is 8.42 Å². The first-order valence-corrected chi connectivity index (χ1v) is 8.87. The predicted molar refractivity (Wildman–Crippen MR) is 82.3 cm³/mol. The average Bonchev–Trinajstić information content (AvgIpc) is 2.65. The normalized spacial score (nSPS) is 19.1. The fourth-order valence-corrected chi connectivity index (χ4v) is 3.93. The van der Waals surface area contributed by atoms with Gasteiger partial charge in [0.25, 0.3) is 0 Å². The number of hydrogen-bond acceptors (Lipinski definition) is 3. The lowest BCUT2D eigenvalue weighted by molar-refractivity contribution is 0.389. The molecule has 1 atom stereocenters. The number of sulfonamides is 1. The van der Waals surface area contributed by atoms with E-state index >= 15 is 0 Å². The number of rotatable bonds is 5. The quantitative estimate of drug-likeness (QED) is 0.872. The van der Waals surface area contributed by atoms with Gasteiger partial charge in [0.15, 0.2) is 0 Å². The standard InChI is InChI=1S/C15H24N2O2S/c1-11-5-6-12-7-8-14(13(12)9-11)16-10-15(2,3)17-20(4,18)19/h5-6,9,14,16-17H,7-8,10H2,1-4H3. The Kier molecular flexibility index (Phi) is 4.23. The highest BCUT2D eigenvalue weighted by atomic mass is 32.2. The molecule has 112 valence electrons. The summed E-state index contributed by atoms with van der Waals surface area (Å²) in [5, 5.41) is 3.50. The molecule has 0 saturated heterocycles. The molecule has 0 aromatic heterocycles. The first-order chi connectivity index (χ1) is 9.16. The maximum atomic E-state index is 11.3. The monoisotopic (exact) mass is 296 g/mol. The second-order valence-electron chi connectivity index (χ2n) is 6.43. The predicted octanol–water partition coefficient (Wildman–Crippen LogP) is 1.90. The van der Waals surface area contributed by atoms with Crippen molar-refractivity contribution in [2.75, 3.05) is 12.8 Å². The summed E-state index contributed by atoms with van der Waals surface area (Å²) in [6, 6.07) is 6.91. The summed E-state index contributed by atoms with van der Waals surface area (Å²) in [7, 11) is -3.18. The minimum atomic E-state index is -3.18. The summed E-state index contributed by atoms with van der Waals surface area (Å²) < 4.78 is 25.4. The Morgan fingerprint density at radius 2 is 2.05 bits per heavy atom. The van der Waals surface area contributed by atoms with Gasteiger partial charge in [-0.25, -0.2) is 13.1 Å². The second kappa shape index (κ2) is 5.47. The van der Waals surface area contributed by atoms with Crippen LogP contribution in [-0.2, 0) is 16.4 Å². The molecule has 1 unspecified atom stereocenters. The van der Waals surface area contributed by atoms with Gasteiger partial charge >= 0.3 is 0 Å². The van der Waals surface area contributed by atoms with Gasteiger partial charge < -0.3 is 5.32 Å². The van der Waals surface area contributed by atoms with Crippen LogP contribution in [0.3, 0.4) is 0 Å². The van der Waals surface area contributed by atoms with Gasteiger partial charge in [0.05, 0.1) is 6.26 Å². The van der Waals surface area contributed by atoms with Crippen LogP contribution in [0, 0.1) is 6.92 Å². The van der Waals surface area contributed by atoms with Crippen LogP contribution >= 0.6 is 0 Å². The van der Waals surface area contributed by atoms with Gasteiger partial charge in [0, 0.05) is 18.1 Å². The van der Waals surface area contributed by atoms with Gasteiger partial charge in [-0.1, -0.05) is 23.8 Å². The van der Waals surface area contributed by atoms with Crippen LogP contribution in [0.1, 0.15) is 43.0 Å². The molecule has 0 saturated carbocycles. The van der Waals surface area contributed by atoms with E-state index in [0.29, 0.717) is 12.6 Å². The van der Waals surface area contributed by atoms with E-state index in [1.165, 1.54) is 22.9 Å². The van der Waals surface area contributed by atoms with E-state index in [-0.39, 0.29) is 0 Å². The molecule has 5 heteroatoms. The molecule has 0 aliphatic heterocycles. The van der Waals surface area contributed by atoms with Gasteiger partial charge in [0.1, 0.15) is 0 Å². The highest BCUT2D eigenvalue weighted by Crippen LogP contribution is 2.31. The largest absolute Gasteiger partial charge is 0.308 e. The second-order valence-corrected chi connectivity index (χ2v) is 8.18. The molecule has 4 nitrogen and oxygen atoms in total. The van der Waals surface area contributed by atoms with E-state index in [0.717, 1.165) is 12.8 Å². The molecular weight excluding hydrogens is 272 g/mol. The summed E-state index contributed by atoms with van der Waals surface area (Å²) in [5.41, 5.74) is 3.55. The number of hydrogen-bond donors (Lipinski definition) is 2. The third-order valence-electron chi connectivity index (χ3n) is 3.63. The summed E-state index contributed by atoms with van der Waals surface area (Å²) in [4.78, 5) is 0. The van der Waals surface area contributed by atoms with E-state index in [1.54, 1.807) is 0 Å². The lowest BCUT2D eigenvalue weighted by Crippen LogP contribution is -2.50. The average molecular weight is 296 g/mol. The lowest BCUT2D eigenvalue weighted by Gasteiger charge is -2.27. The lowest BCUT2D eigenvalue weighted by atomic mass is 10.0. The Bertz CT molecular complexity index is 594. The summed E-state index contributed by atoms with van der Waals surface area (Å²) in [6.07, 6.45) is 3.37. The molecule has 1 aromatic carbocycles. The van der Waals surface area contributed by atoms with Crippen molar-refractivity contribution in [3.8, 4) is 0 Å². The zero-order chi connectivity index (χ0) is 15.0. The zero-order valence-electron chi connectivity index (χ0n) is 12.7. The van der Waals surface area contributed by atoms with Crippen LogP contribution in [0.5, 0.6) is 0 Å². The number of benzene rings is 1. The minimum Gasteiger partial charge on any atom is -0.308 e. The van der Waals surface area contributed by atoms with Crippen molar-refractivity contribution in [3.05, 3.63) is 34.9 Å². The summed E-state index contributed by atoms with van der Waals surface area (Å²) in [5.74, 6) is 0. The van der Waals surface area contributed by atoms with Crippen molar-refractivity contribution in [1.82, 2.24) is 10.0 Å². The molecule has 0 bridgehead atoms. The summed E-state index contributed by atoms with van der Waals surface area (Å²) in [6.45, 7) is 6.50. The van der Waals surface area contributed by atoms with Crippen LogP contribution < -0.4 is 10.0 Å². The zero-order valence-corrected chi connectivity index (χ0v) is 13.5.